The summed E-state index contributed by atoms with van der Waals surface area (Å²) in [5, 5.41) is 0. The van der Waals surface area contributed by atoms with E-state index in [1.807, 2.05) is 48.4 Å². The largest absolute Gasteiger partial charge is 0.491 e. The molecule has 1 aromatic carbocycles. The highest BCUT2D eigenvalue weighted by Crippen LogP contribution is 2.27. The van der Waals surface area contributed by atoms with Gasteiger partial charge in [0.25, 0.3) is 0 Å². The summed E-state index contributed by atoms with van der Waals surface area (Å²) in [6.45, 7) is 4.54. The van der Waals surface area contributed by atoms with Crippen LogP contribution in [0.3, 0.4) is 0 Å². The minimum atomic E-state index is -0.424. The third-order valence-electron chi connectivity index (χ3n) is 5.06. The van der Waals surface area contributed by atoms with Gasteiger partial charge in [0.15, 0.2) is 0 Å². The van der Waals surface area contributed by atoms with Crippen molar-refractivity contribution in [3.63, 3.8) is 0 Å². The summed E-state index contributed by atoms with van der Waals surface area (Å²) in [4.78, 5) is 18.6. The second-order valence-corrected chi connectivity index (χ2v) is 6.83. The van der Waals surface area contributed by atoms with E-state index < -0.39 is 5.60 Å². The summed E-state index contributed by atoms with van der Waals surface area (Å²) in [5.41, 5.74) is -0.424. The number of nitrogens with zero attached hydrogens (tertiary/aromatic N) is 3. The zero-order valence-electron chi connectivity index (χ0n) is 15.6. The van der Waals surface area contributed by atoms with Crippen molar-refractivity contribution in [2.45, 2.75) is 38.3 Å². The number of para-hydroxylation sites is 1. The number of hydrogen-bond acceptors (Lipinski definition) is 4. The molecule has 1 aromatic heterocycles. The molecule has 3 rings (SSSR count). The quantitative estimate of drug-likeness (QED) is 0.729. The molecular weight excluding hydrogens is 330 g/mol. The van der Waals surface area contributed by atoms with E-state index in [-0.39, 0.29) is 5.91 Å². The van der Waals surface area contributed by atoms with Crippen molar-refractivity contribution in [2.75, 3.05) is 26.8 Å². The Hall–Kier alpha value is -2.34. The first kappa shape index (κ1) is 18.5. The lowest BCUT2D eigenvalue weighted by Gasteiger charge is -2.28. The highest BCUT2D eigenvalue weighted by molar-refractivity contribution is 5.76. The summed E-state index contributed by atoms with van der Waals surface area (Å²) in [6.07, 6.45) is 5.89. The van der Waals surface area contributed by atoms with E-state index in [1.54, 1.807) is 13.3 Å². The van der Waals surface area contributed by atoms with Crippen molar-refractivity contribution in [1.29, 1.82) is 0 Å². The predicted molar refractivity (Wildman–Crippen MR) is 99.1 cm³/mol. The normalized spacial score (nSPS) is 19.7. The average molecular weight is 357 g/mol. The van der Waals surface area contributed by atoms with Gasteiger partial charge in [-0.1, -0.05) is 18.2 Å². The zero-order valence-corrected chi connectivity index (χ0v) is 15.6. The lowest BCUT2D eigenvalue weighted by molar-refractivity contribution is -0.132. The summed E-state index contributed by atoms with van der Waals surface area (Å²) < 4.78 is 13.7. The molecule has 1 fully saturated rings. The van der Waals surface area contributed by atoms with Crippen LogP contribution in [0.4, 0.5) is 0 Å². The lowest BCUT2D eigenvalue weighted by atomic mass is 10.0. The summed E-state index contributed by atoms with van der Waals surface area (Å²) >= 11 is 0. The number of hydrogen-bond donors (Lipinski definition) is 0. The Morgan fingerprint density at radius 3 is 2.81 bits per heavy atom. The second kappa shape index (κ2) is 8.36. The van der Waals surface area contributed by atoms with E-state index in [0.717, 1.165) is 37.5 Å². The number of methoxy groups -OCH3 is 1. The number of benzene rings is 1. The summed E-state index contributed by atoms with van der Waals surface area (Å²) in [7, 11) is 1.70. The van der Waals surface area contributed by atoms with E-state index in [0.29, 0.717) is 19.6 Å². The van der Waals surface area contributed by atoms with Crippen molar-refractivity contribution in [3.05, 3.63) is 48.5 Å². The molecule has 26 heavy (non-hydrogen) atoms. The van der Waals surface area contributed by atoms with Crippen LogP contribution in [0.1, 0.15) is 25.1 Å². The van der Waals surface area contributed by atoms with Gasteiger partial charge in [-0.3, -0.25) is 4.79 Å². The number of amides is 1. The standard InChI is InChI=1S/C20H27N3O3/c1-17-21-11-14-22(17)12-6-9-19(24)23-13-10-20(15-23,25-2)16-26-18-7-4-3-5-8-18/h3-5,7-8,11,14H,6,9-10,12-13,15-16H2,1-2H3. The van der Waals surface area contributed by atoms with Gasteiger partial charge < -0.3 is 18.9 Å². The van der Waals surface area contributed by atoms with Gasteiger partial charge in [0.2, 0.25) is 5.91 Å². The minimum Gasteiger partial charge on any atom is -0.491 e. The molecule has 1 saturated heterocycles. The van der Waals surface area contributed by atoms with Gasteiger partial charge in [-0.05, 0) is 31.9 Å². The van der Waals surface area contributed by atoms with E-state index in [9.17, 15) is 4.79 Å². The smallest absolute Gasteiger partial charge is 0.222 e. The Bertz CT molecular complexity index is 716. The van der Waals surface area contributed by atoms with Crippen LogP contribution in [0.25, 0.3) is 0 Å². The van der Waals surface area contributed by atoms with Crippen molar-refractivity contribution >= 4 is 5.91 Å². The van der Waals surface area contributed by atoms with Crippen molar-refractivity contribution in [1.82, 2.24) is 14.5 Å². The monoisotopic (exact) mass is 357 g/mol. The molecule has 0 saturated carbocycles. The zero-order chi connectivity index (χ0) is 18.4. The molecule has 0 radical (unpaired) electrons. The van der Waals surface area contributed by atoms with Crippen LogP contribution in [0.5, 0.6) is 5.75 Å². The fraction of sp³-hybridized carbons (Fsp3) is 0.500. The minimum absolute atomic E-state index is 0.182. The molecule has 6 nitrogen and oxygen atoms in total. The van der Waals surface area contributed by atoms with E-state index >= 15 is 0 Å². The van der Waals surface area contributed by atoms with Crippen LogP contribution in [0.2, 0.25) is 0 Å². The number of imidazole rings is 1. The number of carbonyl (C=O) groups excluding carboxylic acids is 1. The molecule has 1 aliphatic heterocycles. The second-order valence-electron chi connectivity index (χ2n) is 6.83. The highest BCUT2D eigenvalue weighted by atomic mass is 16.5. The molecule has 2 aromatic rings. The molecule has 0 aliphatic carbocycles. The van der Waals surface area contributed by atoms with E-state index in [2.05, 4.69) is 9.55 Å². The van der Waals surface area contributed by atoms with E-state index in [1.165, 1.54) is 0 Å². The average Bonchev–Trinajstić information content (AvgIpc) is 3.28. The molecule has 1 atom stereocenters. The Balaban J connectivity index is 1.47. The van der Waals surface area contributed by atoms with Crippen LogP contribution in [0, 0.1) is 6.92 Å². The van der Waals surface area contributed by atoms with Gasteiger partial charge >= 0.3 is 0 Å². The molecule has 6 heteroatoms. The topological polar surface area (TPSA) is 56.6 Å². The van der Waals surface area contributed by atoms with Crippen LogP contribution < -0.4 is 4.74 Å². The highest BCUT2D eigenvalue weighted by Gasteiger charge is 2.40. The number of aryl methyl sites for hydroxylation is 2. The van der Waals surface area contributed by atoms with Gasteiger partial charge in [0.05, 0.1) is 6.54 Å². The molecule has 1 aliphatic rings. The summed E-state index contributed by atoms with van der Waals surface area (Å²) in [5.74, 6) is 1.99. The molecule has 1 unspecified atom stereocenters. The first-order valence-electron chi connectivity index (χ1n) is 9.10. The number of aromatic nitrogens is 2. The maximum atomic E-state index is 12.5. The molecule has 1 amide bonds. The lowest BCUT2D eigenvalue weighted by Crippen LogP contribution is -2.42. The predicted octanol–water partition coefficient (Wildman–Crippen LogP) is 2.67. The Morgan fingerprint density at radius 2 is 2.12 bits per heavy atom. The van der Waals surface area contributed by atoms with Gasteiger partial charge in [-0.15, -0.1) is 0 Å². The fourth-order valence-electron chi connectivity index (χ4n) is 3.33. The molecule has 2 heterocycles. The van der Waals surface area contributed by atoms with Crippen molar-refractivity contribution < 1.29 is 14.3 Å². The third kappa shape index (κ3) is 4.43. The SMILES string of the molecule is COC1(COc2ccccc2)CCN(C(=O)CCCn2ccnc2C)C1. The number of ether oxygens (including phenoxy) is 2. The van der Waals surface area contributed by atoms with Gasteiger partial charge in [0, 0.05) is 39.0 Å². The number of carbonyl (C=O) groups is 1. The Morgan fingerprint density at radius 1 is 1.31 bits per heavy atom. The number of likely N-dealkylation sites (tertiary alicyclic amines) is 1. The fourth-order valence-corrected chi connectivity index (χ4v) is 3.33. The number of rotatable bonds is 8. The van der Waals surface area contributed by atoms with Crippen LogP contribution >= 0.6 is 0 Å². The third-order valence-corrected chi connectivity index (χ3v) is 5.06. The van der Waals surface area contributed by atoms with Gasteiger partial charge in [0.1, 0.15) is 23.8 Å². The molecule has 140 valence electrons. The molecule has 0 N–H and O–H groups in total. The Labute approximate surface area is 154 Å². The van der Waals surface area contributed by atoms with Gasteiger partial charge in [-0.2, -0.15) is 0 Å². The Kier molecular flexibility index (Phi) is 5.93. The van der Waals surface area contributed by atoms with Crippen molar-refractivity contribution in [2.24, 2.45) is 0 Å². The van der Waals surface area contributed by atoms with Crippen LogP contribution in [-0.4, -0.2) is 52.8 Å². The van der Waals surface area contributed by atoms with Crippen LogP contribution in [0.15, 0.2) is 42.7 Å². The van der Waals surface area contributed by atoms with Gasteiger partial charge in [-0.25, -0.2) is 4.98 Å². The molecule has 0 bridgehead atoms. The summed E-state index contributed by atoms with van der Waals surface area (Å²) in [6, 6.07) is 9.71. The molecule has 0 spiro atoms. The molecular formula is C20H27N3O3. The maximum Gasteiger partial charge on any atom is 0.222 e. The van der Waals surface area contributed by atoms with E-state index in [4.69, 9.17) is 9.47 Å². The first-order valence-corrected chi connectivity index (χ1v) is 9.10. The van der Waals surface area contributed by atoms with Crippen molar-refractivity contribution in [3.8, 4) is 5.75 Å². The van der Waals surface area contributed by atoms with Crippen LogP contribution in [-0.2, 0) is 16.1 Å². The first-order chi connectivity index (χ1) is 12.6. The maximum absolute atomic E-state index is 12.5.